The number of amides is 1. The van der Waals surface area contributed by atoms with Gasteiger partial charge < -0.3 is 15.0 Å². The molecule has 4 heterocycles. The second-order valence-corrected chi connectivity index (χ2v) is 6.72. The normalized spacial score (nSPS) is 20.9. The topological polar surface area (TPSA) is 80.2 Å². The van der Waals surface area contributed by atoms with Crippen molar-refractivity contribution in [2.24, 2.45) is 5.92 Å². The van der Waals surface area contributed by atoms with E-state index in [-0.39, 0.29) is 17.9 Å². The summed E-state index contributed by atoms with van der Waals surface area (Å²) in [5, 5.41) is 3.12. The van der Waals surface area contributed by atoms with E-state index in [4.69, 9.17) is 4.74 Å². The van der Waals surface area contributed by atoms with E-state index in [0.717, 1.165) is 37.9 Å². The quantitative estimate of drug-likeness (QED) is 0.910. The van der Waals surface area contributed by atoms with Gasteiger partial charge in [0.05, 0.1) is 11.7 Å². The largest absolute Gasteiger partial charge is 0.381 e. The van der Waals surface area contributed by atoms with Crippen molar-refractivity contribution in [3.63, 3.8) is 0 Å². The molecular formula is C19H23N5O2. The van der Waals surface area contributed by atoms with Crippen LogP contribution in [-0.2, 0) is 9.53 Å². The molecule has 0 bridgehead atoms. The van der Waals surface area contributed by atoms with Crippen LogP contribution in [-0.4, -0.2) is 45.5 Å². The Morgan fingerprint density at radius 1 is 1.12 bits per heavy atom. The first kappa shape index (κ1) is 16.9. The average molecular weight is 353 g/mol. The van der Waals surface area contributed by atoms with E-state index in [1.807, 2.05) is 29.2 Å². The molecule has 1 N–H and O–H groups in total. The highest BCUT2D eigenvalue weighted by molar-refractivity contribution is 5.79. The predicted molar refractivity (Wildman–Crippen MR) is 96.8 cm³/mol. The number of anilines is 2. The number of nitrogens with one attached hydrogen (secondary N) is 1. The lowest BCUT2D eigenvalue weighted by Crippen LogP contribution is -2.38. The molecule has 2 aromatic heterocycles. The first-order chi connectivity index (χ1) is 12.8. The third kappa shape index (κ3) is 3.67. The Hall–Kier alpha value is -2.54. The van der Waals surface area contributed by atoms with Crippen LogP contribution in [0.2, 0.25) is 0 Å². The summed E-state index contributed by atoms with van der Waals surface area (Å²) in [6, 6.07) is 7.57. The monoisotopic (exact) mass is 353 g/mol. The maximum absolute atomic E-state index is 13.0. The van der Waals surface area contributed by atoms with Gasteiger partial charge in [-0.25, -0.2) is 15.0 Å². The molecule has 2 aliphatic rings. The van der Waals surface area contributed by atoms with Crippen molar-refractivity contribution in [3.8, 4) is 0 Å². The van der Waals surface area contributed by atoms with Crippen LogP contribution in [0.3, 0.4) is 0 Å². The van der Waals surface area contributed by atoms with E-state index in [1.165, 1.54) is 0 Å². The maximum Gasteiger partial charge on any atom is 0.228 e. The molecule has 0 aromatic carbocycles. The molecule has 0 radical (unpaired) electrons. The zero-order valence-corrected chi connectivity index (χ0v) is 14.7. The van der Waals surface area contributed by atoms with Gasteiger partial charge in [0.15, 0.2) is 0 Å². The highest BCUT2D eigenvalue weighted by Crippen LogP contribution is 2.33. The highest BCUT2D eigenvalue weighted by Gasteiger charge is 2.35. The summed E-state index contributed by atoms with van der Waals surface area (Å²) in [5.41, 5.74) is 0.886. The van der Waals surface area contributed by atoms with Crippen molar-refractivity contribution in [1.29, 1.82) is 0 Å². The van der Waals surface area contributed by atoms with E-state index in [1.54, 1.807) is 12.4 Å². The van der Waals surface area contributed by atoms with Crippen LogP contribution in [0.5, 0.6) is 0 Å². The van der Waals surface area contributed by atoms with Crippen molar-refractivity contribution in [2.75, 3.05) is 25.1 Å². The molecule has 26 heavy (non-hydrogen) atoms. The second kappa shape index (κ2) is 7.78. The van der Waals surface area contributed by atoms with Gasteiger partial charge in [0.2, 0.25) is 11.9 Å². The van der Waals surface area contributed by atoms with E-state index >= 15 is 0 Å². The minimum Gasteiger partial charge on any atom is -0.381 e. The first-order valence-corrected chi connectivity index (χ1v) is 9.20. The Balaban J connectivity index is 1.50. The summed E-state index contributed by atoms with van der Waals surface area (Å²) in [7, 11) is 0. The molecule has 0 spiro atoms. The van der Waals surface area contributed by atoms with Gasteiger partial charge in [0.1, 0.15) is 5.82 Å². The Kier molecular flexibility index (Phi) is 5.06. The van der Waals surface area contributed by atoms with Crippen molar-refractivity contribution >= 4 is 17.7 Å². The Morgan fingerprint density at radius 2 is 2.00 bits per heavy atom. The number of likely N-dealkylation sites (tertiary alicyclic amines) is 1. The fraction of sp³-hybridized carbons (Fsp3) is 0.474. The molecular weight excluding hydrogens is 330 g/mol. The zero-order valence-electron chi connectivity index (χ0n) is 14.7. The fourth-order valence-corrected chi connectivity index (χ4v) is 3.69. The van der Waals surface area contributed by atoms with Gasteiger partial charge in [-0.3, -0.25) is 4.79 Å². The molecule has 0 saturated carbocycles. The van der Waals surface area contributed by atoms with E-state index in [9.17, 15) is 4.79 Å². The summed E-state index contributed by atoms with van der Waals surface area (Å²) >= 11 is 0. The Bertz CT molecular complexity index is 749. The number of carbonyl (C=O) groups excluding carboxylic acids is 1. The summed E-state index contributed by atoms with van der Waals surface area (Å²) in [6.07, 6.45) is 7.04. The van der Waals surface area contributed by atoms with Gasteiger partial charge in [0, 0.05) is 38.1 Å². The van der Waals surface area contributed by atoms with Gasteiger partial charge in [-0.05, 0) is 43.9 Å². The number of pyridine rings is 1. The van der Waals surface area contributed by atoms with Crippen molar-refractivity contribution < 1.29 is 9.53 Å². The molecule has 1 amide bonds. The lowest BCUT2D eigenvalue weighted by atomic mass is 9.98. The van der Waals surface area contributed by atoms with Gasteiger partial charge in [0.25, 0.3) is 0 Å². The zero-order chi connectivity index (χ0) is 17.8. The van der Waals surface area contributed by atoms with Crippen LogP contribution < -0.4 is 5.32 Å². The lowest BCUT2D eigenvalue weighted by molar-refractivity contribution is -0.139. The number of ether oxygens (including phenoxy) is 1. The summed E-state index contributed by atoms with van der Waals surface area (Å²) in [6.45, 7) is 2.16. The molecule has 2 aliphatic heterocycles. The average Bonchev–Trinajstić information content (AvgIpc) is 3.19. The number of carbonyl (C=O) groups is 1. The number of rotatable bonds is 4. The lowest BCUT2D eigenvalue weighted by Gasteiger charge is -2.30. The van der Waals surface area contributed by atoms with E-state index < -0.39 is 0 Å². The molecule has 2 aromatic rings. The highest BCUT2D eigenvalue weighted by atomic mass is 16.5. The van der Waals surface area contributed by atoms with Crippen molar-refractivity contribution in [3.05, 3.63) is 42.4 Å². The summed E-state index contributed by atoms with van der Waals surface area (Å²) in [5.74, 6) is 1.53. The number of aromatic nitrogens is 3. The van der Waals surface area contributed by atoms with E-state index in [0.29, 0.717) is 25.0 Å². The Morgan fingerprint density at radius 3 is 2.81 bits per heavy atom. The number of hydrogen-bond acceptors (Lipinski definition) is 6. The SMILES string of the molecule is O=C(C1CCOCC1)N1CCCC1c1ccnc(Nc2ccccn2)n1. The van der Waals surface area contributed by atoms with Gasteiger partial charge in [-0.2, -0.15) is 0 Å². The Labute approximate surface area is 152 Å². The third-order valence-electron chi connectivity index (χ3n) is 5.03. The molecule has 0 aliphatic carbocycles. The molecule has 7 heteroatoms. The predicted octanol–water partition coefficient (Wildman–Crippen LogP) is 2.71. The smallest absolute Gasteiger partial charge is 0.228 e. The molecule has 136 valence electrons. The van der Waals surface area contributed by atoms with Gasteiger partial charge in [-0.1, -0.05) is 6.07 Å². The van der Waals surface area contributed by atoms with Gasteiger partial charge in [-0.15, -0.1) is 0 Å². The number of nitrogens with zero attached hydrogens (tertiary/aromatic N) is 4. The minimum atomic E-state index is 0.0256. The van der Waals surface area contributed by atoms with Crippen LogP contribution in [0.25, 0.3) is 0 Å². The van der Waals surface area contributed by atoms with Crippen LogP contribution in [0.4, 0.5) is 11.8 Å². The maximum atomic E-state index is 13.0. The minimum absolute atomic E-state index is 0.0256. The second-order valence-electron chi connectivity index (χ2n) is 6.72. The van der Waals surface area contributed by atoms with Crippen LogP contribution in [0.15, 0.2) is 36.7 Å². The molecule has 1 unspecified atom stereocenters. The molecule has 2 fully saturated rings. The summed E-state index contributed by atoms with van der Waals surface area (Å²) in [4.78, 5) is 28.1. The summed E-state index contributed by atoms with van der Waals surface area (Å²) < 4.78 is 5.39. The third-order valence-corrected chi connectivity index (χ3v) is 5.03. The first-order valence-electron chi connectivity index (χ1n) is 9.20. The van der Waals surface area contributed by atoms with Crippen LogP contribution in [0.1, 0.15) is 37.4 Å². The standard InChI is InChI=1S/C19H23N5O2/c25-18(14-7-12-26-13-8-14)24-11-3-4-16(24)15-6-10-21-19(22-15)23-17-5-1-2-9-20-17/h1-2,5-6,9-10,14,16H,3-4,7-8,11-13H2,(H,20,21,22,23). The molecule has 4 rings (SSSR count). The van der Waals surface area contributed by atoms with Crippen molar-refractivity contribution in [2.45, 2.75) is 31.7 Å². The fourth-order valence-electron chi connectivity index (χ4n) is 3.69. The van der Waals surface area contributed by atoms with E-state index in [2.05, 4.69) is 20.3 Å². The molecule has 1 atom stereocenters. The van der Waals surface area contributed by atoms with Crippen LogP contribution >= 0.6 is 0 Å². The molecule has 7 nitrogen and oxygen atoms in total. The van der Waals surface area contributed by atoms with Gasteiger partial charge >= 0.3 is 0 Å². The molecule has 2 saturated heterocycles. The van der Waals surface area contributed by atoms with Crippen LogP contribution in [0, 0.1) is 5.92 Å². The number of hydrogen-bond donors (Lipinski definition) is 1. The van der Waals surface area contributed by atoms with Crippen molar-refractivity contribution in [1.82, 2.24) is 19.9 Å².